The van der Waals surface area contributed by atoms with Crippen molar-refractivity contribution in [2.45, 2.75) is 38.1 Å². The van der Waals surface area contributed by atoms with Crippen molar-refractivity contribution < 1.29 is 13.2 Å². The number of amides is 1. The summed E-state index contributed by atoms with van der Waals surface area (Å²) in [5.74, 6) is -0.354. The average Bonchev–Trinajstić information content (AvgIpc) is 3.08. The molecule has 0 saturated carbocycles. The summed E-state index contributed by atoms with van der Waals surface area (Å²) < 4.78 is 28.9. The molecule has 2 heterocycles. The van der Waals surface area contributed by atoms with Gasteiger partial charge in [0.2, 0.25) is 15.9 Å². The van der Waals surface area contributed by atoms with E-state index in [1.807, 2.05) is 42.8 Å². The van der Waals surface area contributed by atoms with Crippen molar-refractivity contribution in [2.75, 3.05) is 18.4 Å². The zero-order valence-electron chi connectivity index (χ0n) is 18.7. The number of hydrogen-bond donors (Lipinski definition) is 1. The lowest BCUT2D eigenvalue weighted by atomic mass is 9.97. The Morgan fingerprint density at radius 1 is 1.06 bits per heavy atom. The van der Waals surface area contributed by atoms with Crippen LogP contribution in [0.15, 0.2) is 59.5 Å². The summed E-state index contributed by atoms with van der Waals surface area (Å²) in [6.45, 7) is 4.93. The van der Waals surface area contributed by atoms with E-state index in [1.54, 1.807) is 30.3 Å². The maximum Gasteiger partial charge on any atom is 0.243 e. The average molecular weight is 487 g/mol. The first-order valence-electron chi connectivity index (χ1n) is 10.9. The number of anilines is 1. The molecule has 1 fully saturated rings. The van der Waals surface area contributed by atoms with Gasteiger partial charge in [0.25, 0.3) is 0 Å². The minimum absolute atomic E-state index is 0.102. The Labute approximate surface area is 199 Å². The smallest absolute Gasteiger partial charge is 0.243 e. The Kier molecular flexibility index (Phi) is 6.88. The number of benzene rings is 2. The van der Waals surface area contributed by atoms with Gasteiger partial charge in [-0.05, 0) is 50.5 Å². The fourth-order valence-electron chi connectivity index (χ4n) is 4.14. The standard InChI is InChI=1S/C24H27ClN4O3S/c1-17-23(18(2)29(27-17)16-20-8-6-7-11-22(20)25)26-24(30)19-12-14-28(15-13-19)33(31,32)21-9-4-3-5-10-21/h3-11,19H,12-16H2,1-2H3,(H,26,30). The quantitative estimate of drug-likeness (QED) is 0.564. The Bertz CT molecular complexity index is 1250. The molecule has 1 saturated heterocycles. The van der Waals surface area contributed by atoms with E-state index in [9.17, 15) is 13.2 Å². The molecule has 0 atom stereocenters. The molecule has 4 rings (SSSR count). The number of carbonyl (C=O) groups is 1. The molecule has 2 aromatic carbocycles. The van der Waals surface area contributed by atoms with Crippen LogP contribution in [0.4, 0.5) is 5.69 Å². The summed E-state index contributed by atoms with van der Waals surface area (Å²) in [6, 6.07) is 16.0. The summed E-state index contributed by atoms with van der Waals surface area (Å²) in [6.07, 6.45) is 0.952. The van der Waals surface area contributed by atoms with Crippen molar-refractivity contribution in [3.05, 3.63) is 76.6 Å². The van der Waals surface area contributed by atoms with E-state index >= 15 is 0 Å². The van der Waals surface area contributed by atoms with Crippen LogP contribution in [0.2, 0.25) is 5.02 Å². The van der Waals surface area contributed by atoms with Crippen LogP contribution in [0.5, 0.6) is 0 Å². The van der Waals surface area contributed by atoms with Gasteiger partial charge in [-0.15, -0.1) is 0 Å². The van der Waals surface area contributed by atoms with E-state index in [-0.39, 0.29) is 16.7 Å². The topological polar surface area (TPSA) is 84.3 Å². The minimum Gasteiger partial charge on any atom is -0.323 e. The maximum atomic E-state index is 13.0. The second kappa shape index (κ2) is 9.67. The molecule has 0 radical (unpaired) electrons. The number of aryl methyl sites for hydroxylation is 1. The fraction of sp³-hybridized carbons (Fsp3) is 0.333. The first-order valence-corrected chi connectivity index (χ1v) is 12.7. The highest BCUT2D eigenvalue weighted by Crippen LogP contribution is 2.27. The number of halogens is 1. The zero-order chi connectivity index (χ0) is 23.6. The number of sulfonamides is 1. The second-order valence-electron chi connectivity index (χ2n) is 8.28. The molecule has 0 unspecified atom stereocenters. The normalized spacial score (nSPS) is 15.5. The third kappa shape index (κ3) is 4.98. The molecule has 174 valence electrons. The number of aromatic nitrogens is 2. The summed E-state index contributed by atoms with van der Waals surface area (Å²) in [5.41, 5.74) is 3.24. The van der Waals surface area contributed by atoms with Gasteiger partial charge in [0.15, 0.2) is 0 Å². The molecule has 0 spiro atoms. The monoisotopic (exact) mass is 486 g/mol. The Balaban J connectivity index is 1.41. The third-order valence-corrected chi connectivity index (χ3v) is 8.39. The third-order valence-electron chi connectivity index (χ3n) is 6.11. The highest BCUT2D eigenvalue weighted by Gasteiger charge is 2.32. The molecule has 7 nitrogen and oxygen atoms in total. The van der Waals surface area contributed by atoms with Crippen molar-refractivity contribution in [2.24, 2.45) is 5.92 Å². The van der Waals surface area contributed by atoms with Gasteiger partial charge >= 0.3 is 0 Å². The predicted octanol–water partition coefficient (Wildman–Crippen LogP) is 4.24. The van der Waals surface area contributed by atoms with Gasteiger partial charge in [-0.3, -0.25) is 9.48 Å². The van der Waals surface area contributed by atoms with Gasteiger partial charge in [-0.2, -0.15) is 9.40 Å². The van der Waals surface area contributed by atoms with Crippen LogP contribution in [0.3, 0.4) is 0 Å². The van der Waals surface area contributed by atoms with Crippen molar-refractivity contribution in [1.82, 2.24) is 14.1 Å². The first kappa shape index (κ1) is 23.5. The van der Waals surface area contributed by atoms with Crippen molar-refractivity contribution in [3.8, 4) is 0 Å². The van der Waals surface area contributed by atoms with Crippen LogP contribution in [0.1, 0.15) is 29.8 Å². The summed E-state index contributed by atoms with van der Waals surface area (Å²) in [7, 11) is -3.54. The van der Waals surface area contributed by atoms with E-state index in [0.717, 1.165) is 17.0 Å². The van der Waals surface area contributed by atoms with Crippen LogP contribution >= 0.6 is 11.6 Å². The molecule has 1 N–H and O–H groups in total. The van der Waals surface area contributed by atoms with Crippen LogP contribution in [0.25, 0.3) is 0 Å². The lowest BCUT2D eigenvalue weighted by Gasteiger charge is -2.30. The molecule has 9 heteroatoms. The molecule has 3 aromatic rings. The molecule has 1 aromatic heterocycles. The molecular weight excluding hydrogens is 460 g/mol. The van der Waals surface area contributed by atoms with E-state index in [1.165, 1.54) is 4.31 Å². The highest BCUT2D eigenvalue weighted by atomic mass is 35.5. The van der Waals surface area contributed by atoms with E-state index in [0.29, 0.717) is 43.2 Å². The number of nitrogens with zero attached hydrogens (tertiary/aromatic N) is 3. The molecule has 0 bridgehead atoms. The van der Waals surface area contributed by atoms with Gasteiger partial charge in [0.1, 0.15) is 0 Å². The summed E-state index contributed by atoms with van der Waals surface area (Å²) >= 11 is 6.28. The van der Waals surface area contributed by atoms with Gasteiger partial charge < -0.3 is 5.32 Å². The first-order chi connectivity index (χ1) is 15.8. The lowest BCUT2D eigenvalue weighted by molar-refractivity contribution is -0.120. The minimum atomic E-state index is -3.54. The molecule has 1 amide bonds. The maximum absolute atomic E-state index is 13.0. The number of hydrogen-bond acceptors (Lipinski definition) is 4. The van der Waals surface area contributed by atoms with Gasteiger partial charge in [0, 0.05) is 24.0 Å². The van der Waals surface area contributed by atoms with E-state index < -0.39 is 10.0 Å². The number of carbonyl (C=O) groups excluding carboxylic acids is 1. The molecule has 33 heavy (non-hydrogen) atoms. The van der Waals surface area contributed by atoms with Gasteiger partial charge in [-0.25, -0.2) is 8.42 Å². The van der Waals surface area contributed by atoms with Crippen molar-refractivity contribution in [3.63, 3.8) is 0 Å². The number of piperidine rings is 1. The molecule has 0 aliphatic carbocycles. The Morgan fingerprint density at radius 3 is 2.36 bits per heavy atom. The summed E-state index contributed by atoms with van der Waals surface area (Å²) in [4.78, 5) is 13.3. The molecule has 1 aliphatic heterocycles. The molecule has 1 aliphatic rings. The predicted molar refractivity (Wildman–Crippen MR) is 129 cm³/mol. The number of rotatable bonds is 6. The van der Waals surface area contributed by atoms with Crippen LogP contribution in [-0.4, -0.2) is 41.5 Å². The molecular formula is C24H27ClN4O3S. The van der Waals surface area contributed by atoms with Crippen LogP contribution in [0, 0.1) is 19.8 Å². The SMILES string of the molecule is Cc1nn(Cc2ccccc2Cl)c(C)c1NC(=O)C1CCN(S(=O)(=O)c2ccccc2)CC1. The van der Waals surface area contributed by atoms with E-state index in [2.05, 4.69) is 10.4 Å². The lowest BCUT2D eigenvalue weighted by Crippen LogP contribution is -2.41. The van der Waals surface area contributed by atoms with Crippen molar-refractivity contribution in [1.29, 1.82) is 0 Å². The highest BCUT2D eigenvalue weighted by molar-refractivity contribution is 7.89. The Hall–Kier alpha value is -2.68. The number of nitrogens with one attached hydrogen (secondary N) is 1. The van der Waals surface area contributed by atoms with Gasteiger partial charge in [-0.1, -0.05) is 48.0 Å². The van der Waals surface area contributed by atoms with Crippen molar-refractivity contribution >= 4 is 33.2 Å². The van der Waals surface area contributed by atoms with E-state index in [4.69, 9.17) is 11.6 Å². The summed E-state index contributed by atoms with van der Waals surface area (Å²) in [5, 5.41) is 8.28. The fourth-order valence-corrected chi connectivity index (χ4v) is 5.83. The van der Waals surface area contributed by atoms with Crippen LogP contribution in [-0.2, 0) is 21.4 Å². The largest absolute Gasteiger partial charge is 0.323 e. The second-order valence-corrected chi connectivity index (χ2v) is 10.6. The Morgan fingerprint density at radius 2 is 1.70 bits per heavy atom. The zero-order valence-corrected chi connectivity index (χ0v) is 20.2. The van der Waals surface area contributed by atoms with Crippen LogP contribution < -0.4 is 5.32 Å². The van der Waals surface area contributed by atoms with Gasteiger partial charge in [0.05, 0.1) is 28.5 Å².